The van der Waals surface area contributed by atoms with Crippen LogP contribution in [-0.2, 0) is 7.05 Å². The van der Waals surface area contributed by atoms with Gasteiger partial charge in [0.25, 0.3) is 5.91 Å². The molecule has 1 aromatic carbocycles. The van der Waals surface area contributed by atoms with E-state index < -0.39 is 5.91 Å². The van der Waals surface area contributed by atoms with Crippen LogP contribution in [0.2, 0.25) is 5.28 Å². The third-order valence-corrected chi connectivity index (χ3v) is 3.64. The van der Waals surface area contributed by atoms with Gasteiger partial charge in [-0.05, 0) is 36.2 Å². The van der Waals surface area contributed by atoms with Gasteiger partial charge in [0.15, 0.2) is 0 Å². The standard InChI is InChI=1S/C15H14ClN5O/c1-8-4-3-5-10(11(8)12(17)22)18-13-9-6-7-21(2)14(9)20-15(16)19-13/h3-7H,1-2H3,(H2,17,22)(H,18,19,20). The van der Waals surface area contributed by atoms with Gasteiger partial charge in [-0.15, -0.1) is 0 Å². The summed E-state index contributed by atoms with van der Waals surface area (Å²) in [4.78, 5) is 20.1. The molecule has 6 nitrogen and oxygen atoms in total. The SMILES string of the molecule is Cc1cccc(Nc2nc(Cl)nc3c2ccn3C)c1C(N)=O. The third kappa shape index (κ3) is 2.37. The van der Waals surface area contributed by atoms with Gasteiger partial charge in [0, 0.05) is 13.2 Å². The number of hydrogen-bond donors (Lipinski definition) is 2. The van der Waals surface area contributed by atoms with Crippen LogP contribution in [0.5, 0.6) is 0 Å². The zero-order valence-corrected chi connectivity index (χ0v) is 12.8. The van der Waals surface area contributed by atoms with Crippen LogP contribution < -0.4 is 11.1 Å². The van der Waals surface area contributed by atoms with Crippen molar-refractivity contribution in [1.82, 2.24) is 14.5 Å². The number of amides is 1. The molecule has 0 atom stereocenters. The van der Waals surface area contributed by atoms with E-state index in [-0.39, 0.29) is 5.28 Å². The number of primary amides is 1. The lowest BCUT2D eigenvalue weighted by Gasteiger charge is -2.12. The largest absolute Gasteiger partial charge is 0.366 e. The van der Waals surface area contributed by atoms with E-state index in [0.717, 1.165) is 10.9 Å². The van der Waals surface area contributed by atoms with E-state index in [1.54, 1.807) is 6.07 Å². The molecule has 112 valence electrons. The Kier molecular flexibility index (Phi) is 3.46. The first-order valence-electron chi connectivity index (χ1n) is 6.62. The van der Waals surface area contributed by atoms with E-state index in [9.17, 15) is 4.79 Å². The summed E-state index contributed by atoms with van der Waals surface area (Å²) in [5.74, 6) is 0.0359. The molecule has 0 spiro atoms. The Labute approximate surface area is 131 Å². The second-order valence-corrected chi connectivity index (χ2v) is 5.33. The van der Waals surface area contributed by atoms with Crippen LogP contribution in [0.3, 0.4) is 0 Å². The van der Waals surface area contributed by atoms with E-state index in [0.29, 0.717) is 22.7 Å². The minimum Gasteiger partial charge on any atom is -0.366 e. The average Bonchev–Trinajstić information content (AvgIpc) is 2.80. The fraction of sp³-hybridized carbons (Fsp3) is 0.133. The average molecular weight is 316 g/mol. The predicted octanol–water partition coefficient (Wildman–Crippen LogP) is 2.77. The number of aryl methyl sites for hydroxylation is 2. The van der Waals surface area contributed by atoms with Crippen molar-refractivity contribution in [3.63, 3.8) is 0 Å². The second kappa shape index (κ2) is 5.31. The molecule has 0 fully saturated rings. The first-order chi connectivity index (χ1) is 10.5. The van der Waals surface area contributed by atoms with Crippen LogP contribution in [-0.4, -0.2) is 20.4 Å². The molecule has 3 aromatic rings. The molecule has 2 heterocycles. The Balaban J connectivity index is 2.15. The highest BCUT2D eigenvalue weighted by molar-refractivity contribution is 6.28. The summed E-state index contributed by atoms with van der Waals surface area (Å²) < 4.78 is 1.85. The molecule has 0 aliphatic rings. The van der Waals surface area contributed by atoms with Crippen molar-refractivity contribution in [2.75, 3.05) is 5.32 Å². The molecule has 0 saturated carbocycles. The number of carbonyl (C=O) groups excluding carboxylic acids is 1. The van der Waals surface area contributed by atoms with E-state index in [4.69, 9.17) is 17.3 Å². The number of nitrogens with one attached hydrogen (secondary N) is 1. The molecule has 0 aliphatic heterocycles. The number of benzene rings is 1. The number of rotatable bonds is 3. The lowest BCUT2D eigenvalue weighted by Crippen LogP contribution is -2.15. The van der Waals surface area contributed by atoms with Crippen molar-refractivity contribution in [1.29, 1.82) is 0 Å². The van der Waals surface area contributed by atoms with Crippen molar-refractivity contribution in [3.8, 4) is 0 Å². The molecule has 3 rings (SSSR count). The number of anilines is 2. The van der Waals surface area contributed by atoms with Crippen LogP contribution in [0, 0.1) is 6.92 Å². The van der Waals surface area contributed by atoms with Crippen molar-refractivity contribution < 1.29 is 4.79 Å². The normalized spacial score (nSPS) is 10.9. The van der Waals surface area contributed by atoms with Crippen molar-refractivity contribution in [2.45, 2.75) is 6.92 Å². The summed E-state index contributed by atoms with van der Waals surface area (Å²) in [6.07, 6.45) is 1.87. The molecule has 7 heteroatoms. The first-order valence-corrected chi connectivity index (χ1v) is 7.00. The quantitative estimate of drug-likeness (QED) is 0.728. The Morgan fingerprint density at radius 3 is 2.82 bits per heavy atom. The van der Waals surface area contributed by atoms with Crippen LogP contribution in [0.1, 0.15) is 15.9 Å². The molecular formula is C15H14ClN5O. The van der Waals surface area contributed by atoms with E-state index in [1.165, 1.54) is 0 Å². The highest BCUT2D eigenvalue weighted by Crippen LogP contribution is 2.28. The molecule has 22 heavy (non-hydrogen) atoms. The summed E-state index contributed by atoms with van der Waals surface area (Å²) in [6.45, 7) is 1.83. The fourth-order valence-corrected chi connectivity index (χ4v) is 2.60. The van der Waals surface area contributed by atoms with Crippen LogP contribution in [0.25, 0.3) is 11.0 Å². The zero-order valence-electron chi connectivity index (χ0n) is 12.1. The highest BCUT2D eigenvalue weighted by atomic mass is 35.5. The molecule has 0 saturated heterocycles. The number of halogens is 1. The summed E-state index contributed by atoms with van der Waals surface area (Å²) >= 11 is 5.99. The van der Waals surface area contributed by atoms with E-state index >= 15 is 0 Å². The lowest BCUT2D eigenvalue weighted by molar-refractivity contribution is 0.100. The maximum absolute atomic E-state index is 11.7. The monoisotopic (exact) mass is 315 g/mol. The van der Waals surface area contributed by atoms with Crippen molar-refractivity contribution in [2.24, 2.45) is 12.8 Å². The van der Waals surface area contributed by atoms with Gasteiger partial charge >= 0.3 is 0 Å². The molecular weight excluding hydrogens is 302 g/mol. The number of fused-ring (bicyclic) bond motifs is 1. The number of carbonyl (C=O) groups is 1. The maximum atomic E-state index is 11.7. The molecule has 2 aromatic heterocycles. The first kappa shape index (κ1) is 14.3. The smallest absolute Gasteiger partial charge is 0.251 e. The fourth-order valence-electron chi connectivity index (χ4n) is 2.43. The predicted molar refractivity (Wildman–Crippen MR) is 86.5 cm³/mol. The summed E-state index contributed by atoms with van der Waals surface area (Å²) in [5, 5.41) is 4.08. The van der Waals surface area contributed by atoms with Gasteiger partial charge in [-0.2, -0.15) is 9.97 Å². The van der Waals surface area contributed by atoms with Gasteiger partial charge < -0.3 is 15.6 Å². The molecule has 0 radical (unpaired) electrons. The Morgan fingerprint density at radius 2 is 2.09 bits per heavy atom. The van der Waals surface area contributed by atoms with Gasteiger partial charge in [-0.3, -0.25) is 4.79 Å². The van der Waals surface area contributed by atoms with Crippen LogP contribution in [0.15, 0.2) is 30.5 Å². The van der Waals surface area contributed by atoms with E-state index in [2.05, 4.69) is 15.3 Å². The minimum atomic E-state index is -0.495. The molecule has 0 unspecified atom stereocenters. The Hall–Kier alpha value is -2.60. The summed E-state index contributed by atoms with van der Waals surface area (Å²) in [5.41, 5.74) is 7.99. The van der Waals surface area contributed by atoms with Crippen LogP contribution in [0.4, 0.5) is 11.5 Å². The maximum Gasteiger partial charge on any atom is 0.251 e. The van der Waals surface area contributed by atoms with Crippen molar-refractivity contribution in [3.05, 3.63) is 46.9 Å². The van der Waals surface area contributed by atoms with Gasteiger partial charge in [0.1, 0.15) is 11.5 Å². The molecule has 1 amide bonds. The second-order valence-electron chi connectivity index (χ2n) is 4.99. The van der Waals surface area contributed by atoms with Gasteiger partial charge in [0.05, 0.1) is 16.6 Å². The number of nitrogens with two attached hydrogens (primary N) is 1. The van der Waals surface area contributed by atoms with E-state index in [1.807, 2.05) is 42.9 Å². The number of hydrogen-bond acceptors (Lipinski definition) is 4. The molecule has 3 N–H and O–H groups in total. The third-order valence-electron chi connectivity index (χ3n) is 3.47. The lowest BCUT2D eigenvalue weighted by atomic mass is 10.1. The van der Waals surface area contributed by atoms with Gasteiger partial charge in [0.2, 0.25) is 5.28 Å². The van der Waals surface area contributed by atoms with Crippen molar-refractivity contribution >= 4 is 40.0 Å². The van der Waals surface area contributed by atoms with Gasteiger partial charge in [-0.1, -0.05) is 12.1 Å². The summed E-state index contributed by atoms with van der Waals surface area (Å²) in [7, 11) is 1.87. The topological polar surface area (TPSA) is 85.8 Å². The molecule has 0 aliphatic carbocycles. The van der Waals surface area contributed by atoms with Crippen LogP contribution >= 0.6 is 11.6 Å². The highest BCUT2D eigenvalue weighted by Gasteiger charge is 2.15. The number of nitrogens with zero attached hydrogens (tertiary/aromatic N) is 3. The summed E-state index contributed by atoms with van der Waals surface area (Å²) in [6, 6.07) is 7.33. The molecule has 0 bridgehead atoms. The Bertz CT molecular complexity index is 887. The zero-order chi connectivity index (χ0) is 15.9. The minimum absolute atomic E-state index is 0.130. The van der Waals surface area contributed by atoms with Gasteiger partial charge in [-0.25, -0.2) is 0 Å². The number of aromatic nitrogens is 3. The Morgan fingerprint density at radius 1 is 1.32 bits per heavy atom.